The summed E-state index contributed by atoms with van der Waals surface area (Å²) in [4.78, 5) is 28.9. The van der Waals surface area contributed by atoms with Crippen molar-refractivity contribution in [1.82, 2.24) is 14.5 Å². The molecule has 0 saturated carbocycles. The highest BCUT2D eigenvalue weighted by molar-refractivity contribution is 6.08. The third-order valence-corrected chi connectivity index (χ3v) is 8.95. The molecule has 2 aromatic heterocycles. The van der Waals surface area contributed by atoms with Crippen LogP contribution in [0.15, 0.2) is 121 Å². The zero-order chi connectivity index (χ0) is 37.6. The Morgan fingerprint density at radius 1 is 0.660 bits per heavy atom. The smallest absolute Gasteiger partial charge is 0.444 e. The van der Waals surface area contributed by atoms with Gasteiger partial charge in [0.15, 0.2) is 0 Å². The molecule has 6 aromatic rings. The van der Waals surface area contributed by atoms with Gasteiger partial charge < -0.3 is 28.7 Å². The van der Waals surface area contributed by atoms with Crippen LogP contribution in [0.4, 0.5) is 9.59 Å². The normalized spacial score (nSPS) is 17.2. The van der Waals surface area contributed by atoms with Crippen molar-refractivity contribution in [3.8, 4) is 0 Å². The predicted molar refractivity (Wildman–Crippen MR) is 215 cm³/mol. The number of rotatable bonds is 2. The van der Waals surface area contributed by atoms with Crippen LogP contribution in [0.1, 0.15) is 66.8 Å². The van der Waals surface area contributed by atoms with Gasteiger partial charge in [-0.3, -0.25) is 0 Å². The standard InChI is InChI=1S/C22H24N2O2.C12H9N.C11H18O3/c1-22(2,3)26-21(25)23-14-8-9-16(15-23)24-19-12-6-4-10-17(19)18-11-5-7-13-20(18)24;1-3-7-11-9(5-1)10-6-2-4-8-12(10)13-11;1-11(2,3)14-10(12)13-9-7-5-4-6-8-9/h4-13,16H,14-15H2,1-3H3;1-8,13H;5,7,9H,4,6,8H2,1-3H3/t16-;;/m0../s1. The highest BCUT2D eigenvalue weighted by Gasteiger charge is 2.27. The Balaban J connectivity index is 0.000000150. The molecule has 4 aromatic carbocycles. The van der Waals surface area contributed by atoms with Crippen LogP contribution in [0.3, 0.4) is 0 Å². The van der Waals surface area contributed by atoms with E-state index in [0.29, 0.717) is 13.1 Å². The molecule has 1 amide bonds. The van der Waals surface area contributed by atoms with Crippen molar-refractivity contribution in [3.63, 3.8) is 0 Å². The third kappa shape index (κ3) is 9.49. The number of benzene rings is 4. The predicted octanol–water partition coefficient (Wildman–Crippen LogP) is 11.5. The second kappa shape index (κ2) is 16.0. The van der Waals surface area contributed by atoms with Gasteiger partial charge in [0, 0.05) is 56.7 Å². The number of fused-ring (bicyclic) bond motifs is 6. The van der Waals surface area contributed by atoms with Gasteiger partial charge in [-0.15, -0.1) is 0 Å². The van der Waals surface area contributed by atoms with Gasteiger partial charge in [0.2, 0.25) is 0 Å². The first-order valence-electron chi connectivity index (χ1n) is 18.5. The number of hydrogen-bond donors (Lipinski definition) is 1. The van der Waals surface area contributed by atoms with Crippen molar-refractivity contribution < 1.29 is 23.8 Å². The van der Waals surface area contributed by atoms with Gasteiger partial charge in [-0.25, -0.2) is 9.59 Å². The van der Waals surface area contributed by atoms with E-state index in [4.69, 9.17) is 14.2 Å². The van der Waals surface area contributed by atoms with Crippen molar-refractivity contribution in [2.24, 2.45) is 0 Å². The molecule has 8 heteroatoms. The fraction of sp³-hybridized carbons (Fsp3) is 0.333. The summed E-state index contributed by atoms with van der Waals surface area (Å²) < 4.78 is 18.1. The number of aromatic nitrogens is 2. The summed E-state index contributed by atoms with van der Waals surface area (Å²) in [5.41, 5.74) is 3.84. The Hall–Kier alpha value is -5.50. The fourth-order valence-electron chi connectivity index (χ4n) is 6.74. The molecule has 0 saturated heterocycles. The van der Waals surface area contributed by atoms with Crippen LogP contribution >= 0.6 is 0 Å². The first-order valence-corrected chi connectivity index (χ1v) is 18.5. The number of nitrogens with one attached hydrogen (secondary N) is 1. The minimum absolute atomic E-state index is 0.0843. The van der Waals surface area contributed by atoms with Gasteiger partial charge in [0.05, 0.1) is 6.04 Å². The molecule has 8 rings (SSSR count). The molecule has 53 heavy (non-hydrogen) atoms. The monoisotopic (exact) mass is 713 g/mol. The summed E-state index contributed by atoms with van der Waals surface area (Å²) in [5, 5.41) is 5.09. The molecular formula is C45H51N3O5. The number of para-hydroxylation sites is 4. The third-order valence-electron chi connectivity index (χ3n) is 8.95. The van der Waals surface area contributed by atoms with Crippen LogP contribution in [-0.4, -0.2) is 57.1 Å². The molecule has 0 spiro atoms. The number of amides is 1. The zero-order valence-electron chi connectivity index (χ0n) is 31.7. The number of aromatic amines is 1. The summed E-state index contributed by atoms with van der Waals surface area (Å²) in [6.45, 7) is 12.4. The van der Waals surface area contributed by atoms with Crippen LogP contribution in [-0.2, 0) is 14.2 Å². The fourth-order valence-corrected chi connectivity index (χ4v) is 6.74. The van der Waals surface area contributed by atoms with Crippen molar-refractivity contribution >= 4 is 55.9 Å². The number of carbonyl (C=O) groups excluding carboxylic acids is 2. The molecule has 1 N–H and O–H groups in total. The maximum Gasteiger partial charge on any atom is 0.509 e. The van der Waals surface area contributed by atoms with Crippen LogP contribution in [0.25, 0.3) is 43.6 Å². The highest BCUT2D eigenvalue weighted by atomic mass is 16.7. The van der Waals surface area contributed by atoms with Crippen LogP contribution in [0, 0.1) is 0 Å². The number of allylic oxidation sites excluding steroid dienone is 1. The molecule has 0 fully saturated rings. The number of ether oxygens (including phenoxy) is 3. The number of nitrogens with zero attached hydrogens (tertiary/aromatic N) is 2. The van der Waals surface area contributed by atoms with Crippen LogP contribution in [0.2, 0.25) is 0 Å². The summed E-state index contributed by atoms with van der Waals surface area (Å²) in [6, 6.07) is 33.7. The second-order valence-electron chi connectivity index (χ2n) is 15.5. The van der Waals surface area contributed by atoms with Crippen LogP contribution in [0.5, 0.6) is 0 Å². The summed E-state index contributed by atoms with van der Waals surface area (Å²) in [6.07, 6.45) is 10.3. The number of hydrogen-bond acceptors (Lipinski definition) is 5. The Morgan fingerprint density at radius 2 is 1.19 bits per heavy atom. The largest absolute Gasteiger partial charge is 0.509 e. The van der Waals surface area contributed by atoms with Crippen molar-refractivity contribution in [3.05, 3.63) is 121 Å². The average molecular weight is 714 g/mol. The molecule has 276 valence electrons. The molecule has 0 radical (unpaired) electrons. The molecule has 3 heterocycles. The van der Waals surface area contributed by atoms with Gasteiger partial charge in [-0.1, -0.05) is 91.0 Å². The average Bonchev–Trinajstić information content (AvgIpc) is 3.67. The summed E-state index contributed by atoms with van der Waals surface area (Å²) in [7, 11) is 0. The molecule has 8 nitrogen and oxygen atoms in total. The molecule has 1 unspecified atom stereocenters. The van der Waals surface area contributed by atoms with Crippen molar-refractivity contribution in [1.29, 1.82) is 0 Å². The van der Waals surface area contributed by atoms with E-state index in [1.807, 2.05) is 53.7 Å². The Labute approximate surface area is 312 Å². The Morgan fingerprint density at radius 3 is 1.72 bits per heavy atom. The molecule has 1 aliphatic carbocycles. The lowest BCUT2D eigenvalue weighted by molar-refractivity contribution is -0.0203. The summed E-state index contributed by atoms with van der Waals surface area (Å²) >= 11 is 0. The SMILES string of the molecule is CC(C)(C)OC(=O)N1CC=C[C@H](n2c3ccccc3c3ccccc32)C1.CC(C)(C)OC(=O)OC1C=CCCC1.c1ccc2c(c1)[nH]c1ccccc12. The van der Waals surface area contributed by atoms with E-state index < -0.39 is 17.4 Å². The molecule has 0 bridgehead atoms. The molecule has 1 aliphatic heterocycles. The lowest BCUT2D eigenvalue weighted by Crippen LogP contribution is -2.41. The van der Waals surface area contributed by atoms with Gasteiger partial charge in [0.1, 0.15) is 17.3 Å². The molecule has 2 aliphatic rings. The van der Waals surface area contributed by atoms with E-state index in [1.54, 1.807) is 4.90 Å². The van der Waals surface area contributed by atoms with E-state index >= 15 is 0 Å². The maximum atomic E-state index is 12.5. The van der Waals surface area contributed by atoms with Crippen molar-refractivity contribution in [2.75, 3.05) is 13.1 Å². The van der Waals surface area contributed by atoms with E-state index in [-0.39, 0.29) is 18.2 Å². The Kier molecular flexibility index (Phi) is 11.3. The van der Waals surface area contributed by atoms with E-state index in [0.717, 1.165) is 19.3 Å². The lowest BCUT2D eigenvalue weighted by atomic mass is 10.1. The first kappa shape index (κ1) is 37.3. The quantitative estimate of drug-likeness (QED) is 0.143. The van der Waals surface area contributed by atoms with Gasteiger partial charge in [-0.2, -0.15) is 0 Å². The number of carbonyl (C=O) groups is 2. The van der Waals surface area contributed by atoms with Gasteiger partial charge >= 0.3 is 12.2 Å². The second-order valence-corrected chi connectivity index (χ2v) is 15.5. The van der Waals surface area contributed by atoms with E-state index in [1.165, 1.54) is 43.6 Å². The Bertz CT molecular complexity index is 2140. The van der Waals surface area contributed by atoms with Crippen molar-refractivity contribution in [2.45, 2.75) is 84.2 Å². The van der Waals surface area contributed by atoms with E-state index in [9.17, 15) is 9.59 Å². The lowest BCUT2D eigenvalue weighted by Gasteiger charge is -2.32. The molecule has 2 atom stereocenters. The van der Waals surface area contributed by atoms with Crippen LogP contribution < -0.4 is 0 Å². The van der Waals surface area contributed by atoms with E-state index in [2.05, 4.69) is 119 Å². The highest BCUT2D eigenvalue weighted by Crippen LogP contribution is 2.33. The number of H-pyrrole nitrogens is 1. The molecular weight excluding hydrogens is 663 g/mol. The summed E-state index contributed by atoms with van der Waals surface area (Å²) in [5.74, 6) is 0. The zero-order valence-corrected chi connectivity index (χ0v) is 31.7. The first-order chi connectivity index (χ1) is 25.4. The van der Waals surface area contributed by atoms with Gasteiger partial charge in [-0.05, 0) is 91.1 Å². The minimum atomic E-state index is -0.575. The topological polar surface area (TPSA) is 85.8 Å². The van der Waals surface area contributed by atoms with Gasteiger partial charge in [0.25, 0.3) is 0 Å². The minimum Gasteiger partial charge on any atom is -0.444 e. The maximum absolute atomic E-state index is 12.5.